The summed E-state index contributed by atoms with van der Waals surface area (Å²) >= 11 is 0. The first kappa shape index (κ1) is 16.5. The predicted octanol–water partition coefficient (Wildman–Crippen LogP) is 2.92. The molecule has 5 heteroatoms. The molecule has 0 N–H and O–H groups in total. The summed E-state index contributed by atoms with van der Waals surface area (Å²) in [6.07, 6.45) is 7.77. The number of hydrogen-bond acceptors (Lipinski definition) is 5. The van der Waals surface area contributed by atoms with Crippen molar-refractivity contribution in [2.75, 3.05) is 31.1 Å². The number of anilines is 1. The third-order valence-electron chi connectivity index (χ3n) is 5.76. The maximum atomic E-state index is 4.36. The standard InChI is InChI=1S/C20H27N5/c1-16-4-5-20(23-22-16)25-12-8-19(15-25)18-6-10-24(11-7-18)14-17-3-2-9-21-13-17/h2-5,9,13,18-19H,6-8,10-12,14-15H2,1H3. The largest absolute Gasteiger partial charge is 0.355 e. The van der Waals surface area contributed by atoms with Gasteiger partial charge in [-0.1, -0.05) is 6.07 Å². The highest BCUT2D eigenvalue weighted by molar-refractivity contribution is 5.38. The molecule has 0 spiro atoms. The molecular formula is C20H27N5. The molecule has 1 atom stereocenters. The molecule has 2 aromatic rings. The van der Waals surface area contributed by atoms with Crippen molar-refractivity contribution in [3.05, 3.63) is 47.9 Å². The van der Waals surface area contributed by atoms with Crippen molar-refractivity contribution >= 4 is 5.82 Å². The van der Waals surface area contributed by atoms with Crippen LogP contribution < -0.4 is 4.90 Å². The Bertz CT molecular complexity index is 664. The Hall–Kier alpha value is -2.01. The van der Waals surface area contributed by atoms with Gasteiger partial charge in [0.25, 0.3) is 0 Å². The van der Waals surface area contributed by atoms with Gasteiger partial charge >= 0.3 is 0 Å². The van der Waals surface area contributed by atoms with Gasteiger partial charge in [0.1, 0.15) is 0 Å². The van der Waals surface area contributed by atoms with Gasteiger partial charge in [-0.25, -0.2) is 0 Å². The van der Waals surface area contributed by atoms with Crippen LogP contribution in [0, 0.1) is 18.8 Å². The van der Waals surface area contributed by atoms with Gasteiger partial charge in [0, 0.05) is 32.0 Å². The molecule has 0 radical (unpaired) electrons. The van der Waals surface area contributed by atoms with Crippen LogP contribution in [0.2, 0.25) is 0 Å². The Morgan fingerprint density at radius 2 is 1.84 bits per heavy atom. The molecule has 2 aliphatic heterocycles. The molecule has 2 aromatic heterocycles. The number of hydrogen-bond donors (Lipinski definition) is 0. The molecule has 25 heavy (non-hydrogen) atoms. The number of aromatic nitrogens is 3. The summed E-state index contributed by atoms with van der Waals surface area (Å²) in [6.45, 7) is 7.71. The van der Waals surface area contributed by atoms with Crippen LogP contribution in [-0.2, 0) is 6.54 Å². The Morgan fingerprint density at radius 1 is 1.00 bits per heavy atom. The van der Waals surface area contributed by atoms with E-state index in [2.05, 4.69) is 43.2 Å². The number of piperidine rings is 1. The first-order valence-electron chi connectivity index (χ1n) is 9.44. The predicted molar refractivity (Wildman–Crippen MR) is 99.3 cm³/mol. The van der Waals surface area contributed by atoms with Gasteiger partial charge in [-0.15, -0.1) is 5.10 Å². The van der Waals surface area contributed by atoms with Crippen molar-refractivity contribution in [3.63, 3.8) is 0 Å². The molecule has 2 saturated heterocycles. The van der Waals surface area contributed by atoms with Crippen LogP contribution in [0.25, 0.3) is 0 Å². The van der Waals surface area contributed by atoms with Gasteiger partial charge in [-0.05, 0) is 74.9 Å². The average molecular weight is 337 g/mol. The molecule has 2 fully saturated rings. The summed E-state index contributed by atoms with van der Waals surface area (Å²) in [5, 5.41) is 8.57. The van der Waals surface area contributed by atoms with E-state index in [9.17, 15) is 0 Å². The maximum absolute atomic E-state index is 4.36. The second-order valence-electron chi connectivity index (χ2n) is 7.50. The zero-order valence-electron chi connectivity index (χ0n) is 15.0. The number of pyridine rings is 1. The van der Waals surface area contributed by atoms with Crippen LogP contribution in [0.15, 0.2) is 36.7 Å². The Morgan fingerprint density at radius 3 is 2.56 bits per heavy atom. The van der Waals surface area contributed by atoms with Crippen LogP contribution in [-0.4, -0.2) is 46.3 Å². The molecule has 0 aliphatic carbocycles. The van der Waals surface area contributed by atoms with Crippen molar-refractivity contribution < 1.29 is 0 Å². The quantitative estimate of drug-likeness (QED) is 0.858. The van der Waals surface area contributed by atoms with E-state index in [1.807, 2.05) is 25.4 Å². The van der Waals surface area contributed by atoms with E-state index in [4.69, 9.17) is 0 Å². The number of nitrogens with zero attached hydrogens (tertiary/aromatic N) is 5. The summed E-state index contributed by atoms with van der Waals surface area (Å²) < 4.78 is 0. The molecule has 0 bridgehead atoms. The molecule has 0 aromatic carbocycles. The third kappa shape index (κ3) is 3.98. The fourth-order valence-electron chi connectivity index (χ4n) is 4.27. The van der Waals surface area contributed by atoms with Crippen molar-refractivity contribution in [3.8, 4) is 0 Å². The molecule has 132 valence electrons. The minimum absolute atomic E-state index is 0.809. The zero-order valence-corrected chi connectivity index (χ0v) is 15.0. The van der Waals surface area contributed by atoms with Gasteiger partial charge in [0.2, 0.25) is 0 Å². The van der Waals surface area contributed by atoms with Crippen LogP contribution in [0.4, 0.5) is 5.82 Å². The van der Waals surface area contributed by atoms with E-state index in [1.54, 1.807) is 0 Å². The Kier molecular flexibility index (Phi) is 4.92. The maximum Gasteiger partial charge on any atom is 0.151 e. The summed E-state index contributed by atoms with van der Waals surface area (Å²) in [7, 11) is 0. The smallest absolute Gasteiger partial charge is 0.151 e. The highest BCUT2D eigenvalue weighted by Gasteiger charge is 2.32. The minimum atomic E-state index is 0.809. The molecule has 5 nitrogen and oxygen atoms in total. The van der Waals surface area contributed by atoms with Gasteiger partial charge in [0.05, 0.1) is 5.69 Å². The summed E-state index contributed by atoms with van der Waals surface area (Å²) in [4.78, 5) is 9.22. The van der Waals surface area contributed by atoms with Crippen molar-refractivity contribution in [2.24, 2.45) is 11.8 Å². The molecule has 4 heterocycles. The van der Waals surface area contributed by atoms with Gasteiger partial charge in [0.15, 0.2) is 5.82 Å². The van der Waals surface area contributed by atoms with E-state index >= 15 is 0 Å². The second-order valence-corrected chi connectivity index (χ2v) is 7.50. The molecule has 4 rings (SSSR count). The van der Waals surface area contributed by atoms with Gasteiger partial charge in [-0.2, -0.15) is 5.10 Å². The third-order valence-corrected chi connectivity index (χ3v) is 5.76. The Balaban J connectivity index is 1.28. The first-order valence-corrected chi connectivity index (χ1v) is 9.44. The van der Waals surface area contributed by atoms with E-state index in [-0.39, 0.29) is 0 Å². The highest BCUT2D eigenvalue weighted by Crippen LogP contribution is 2.33. The van der Waals surface area contributed by atoms with Crippen molar-refractivity contribution in [1.29, 1.82) is 0 Å². The zero-order chi connectivity index (χ0) is 17.1. The van der Waals surface area contributed by atoms with E-state index in [1.165, 1.54) is 37.9 Å². The van der Waals surface area contributed by atoms with Crippen molar-refractivity contribution in [2.45, 2.75) is 32.7 Å². The number of likely N-dealkylation sites (tertiary alicyclic amines) is 1. The summed E-state index contributed by atoms with van der Waals surface area (Å²) in [5.74, 6) is 2.71. The molecule has 0 saturated carbocycles. The lowest BCUT2D eigenvalue weighted by atomic mass is 9.83. The second kappa shape index (κ2) is 7.48. The van der Waals surface area contributed by atoms with Crippen LogP contribution in [0.1, 0.15) is 30.5 Å². The van der Waals surface area contributed by atoms with Crippen molar-refractivity contribution in [1.82, 2.24) is 20.1 Å². The fourth-order valence-corrected chi connectivity index (χ4v) is 4.27. The topological polar surface area (TPSA) is 45.2 Å². The lowest BCUT2D eigenvalue weighted by Crippen LogP contribution is -2.36. The average Bonchev–Trinajstić information content (AvgIpc) is 3.14. The molecular weight excluding hydrogens is 310 g/mol. The minimum Gasteiger partial charge on any atom is -0.355 e. The lowest BCUT2D eigenvalue weighted by Gasteiger charge is -2.34. The highest BCUT2D eigenvalue weighted by atomic mass is 15.3. The van der Waals surface area contributed by atoms with Crippen LogP contribution >= 0.6 is 0 Å². The van der Waals surface area contributed by atoms with Gasteiger partial charge in [-0.3, -0.25) is 9.88 Å². The summed E-state index contributed by atoms with van der Waals surface area (Å²) in [5.41, 5.74) is 2.31. The molecule has 2 aliphatic rings. The number of aryl methyl sites for hydroxylation is 1. The first-order chi connectivity index (χ1) is 12.3. The van der Waals surface area contributed by atoms with E-state index in [0.717, 1.165) is 43.0 Å². The monoisotopic (exact) mass is 337 g/mol. The molecule has 0 amide bonds. The normalized spacial score (nSPS) is 22.4. The van der Waals surface area contributed by atoms with E-state index < -0.39 is 0 Å². The SMILES string of the molecule is Cc1ccc(N2CCC(C3CCN(Cc4cccnc4)CC3)C2)nn1. The number of rotatable bonds is 4. The van der Waals surface area contributed by atoms with Gasteiger partial charge < -0.3 is 4.90 Å². The lowest BCUT2D eigenvalue weighted by molar-refractivity contribution is 0.147. The molecule has 1 unspecified atom stereocenters. The van der Waals surface area contributed by atoms with E-state index in [0.29, 0.717) is 0 Å². The van der Waals surface area contributed by atoms with Crippen LogP contribution in [0.5, 0.6) is 0 Å². The fraction of sp³-hybridized carbons (Fsp3) is 0.550. The Labute approximate surface area is 150 Å². The summed E-state index contributed by atoms with van der Waals surface area (Å²) in [6, 6.07) is 8.38. The van der Waals surface area contributed by atoms with Crippen LogP contribution in [0.3, 0.4) is 0 Å².